The van der Waals surface area contributed by atoms with Crippen LogP contribution in [0.3, 0.4) is 0 Å². The monoisotopic (exact) mass is 262 g/mol. The van der Waals surface area contributed by atoms with E-state index in [1.807, 2.05) is 12.1 Å². The van der Waals surface area contributed by atoms with Crippen molar-refractivity contribution in [1.82, 2.24) is 0 Å². The summed E-state index contributed by atoms with van der Waals surface area (Å²) in [4.78, 5) is 14.1. The van der Waals surface area contributed by atoms with Gasteiger partial charge in [0.15, 0.2) is 0 Å². The van der Waals surface area contributed by atoms with E-state index >= 15 is 0 Å². The Morgan fingerprint density at radius 1 is 1.42 bits per heavy atom. The summed E-state index contributed by atoms with van der Waals surface area (Å²) < 4.78 is 5.03. The van der Waals surface area contributed by atoms with Gasteiger partial charge in [0.05, 0.1) is 12.2 Å². The normalized spacial score (nSPS) is 15.5. The van der Waals surface area contributed by atoms with Crippen LogP contribution in [0.25, 0.3) is 0 Å². The summed E-state index contributed by atoms with van der Waals surface area (Å²) in [5.41, 5.74) is 7.82. The first kappa shape index (κ1) is 13.7. The second kappa shape index (κ2) is 5.95. The van der Waals surface area contributed by atoms with Crippen LogP contribution in [0.4, 0.5) is 11.4 Å². The second-order valence-electron chi connectivity index (χ2n) is 5.04. The maximum absolute atomic E-state index is 11.8. The molecule has 0 heterocycles. The number of hydrogen-bond acceptors (Lipinski definition) is 4. The molecule has 0 amide bonds. The summed E-state index contributed by atoms with van der Waals surface area (Å²) in [5, 5.41) is 0. The molecule has 0 saturated heterocycles. The van der Waals surface area contributed by atoms with Gasteiger partial charge in [-0.1, -0.05) is 12.8 Å². The van der Waals surface area contributed by atoms with E-state index in [2.05, 4.69) is 11.9 Å². The highest BCUT2D eigenvalue weighted by Crippen LogP contribution is 2.29. The number of carbonyl (C=O) groups is 1. The summed E-state index contributed by atoms with van der Waals surface area (Å²) in [6.45, 7) is 2.16. The summed E-state index contributed by atoms with van der Waals surface area (Å²) in [5.74, 6) is -0.346. The minimum absolute atomic E-state index is 0.346. The Morgan fingerprint density at radius 2 is 2.11 bits per heavy atom. The molecule has 1 fully saturated rings. The zero-order chi connectivity index (χ0) is 13.8. The van der Waals surface area contributed by atoms with E-state index in [4.69, 9.17) is 10.5 Å². The molecule has 1 aromatic rings. The number of nitrogens with zero attached hydrogens (tertiary/aromatic N) is 1. The molecule has 1 saturated carbocycles. The van der Waals surface area contributed by atoms with Gasteiger partial charge < -0.3 is 15.4 Å². The number of ether oxygens (including phenoxy) is 1. The van der Waals surface area contributed by atoms with E-state index < -0.39 is 0 Å². The lowest BCUT2D eigenvalue weighted by molar-refractivity contribution is 0.0527. The topological polar surface area (TPSA) is 55.6 Å². The quantitative estimate of drug-likeness (QED) is 0.669. The first-order valence-electron chi connectivity index (χ1n) is 6.93. The van der Waals surface area contributed by atoms with Crippen LogP contribution in [-0.4, -0.2) is 25.7 Å². The third-order valence-electron chi connectivity index (χ3n) is 3.81. The van der Waals surface area contributed by atoms with E-state index in [0.717, 1.165) is 5.69 Å². The van der Waals surface area contributed by atoms with Crippen molar-refractivity contribution in [2.24, 2.45) is 0 Å². The minimum atomic E-state index is -0.346. The fraction of sp³-hybridized carbons (Fsp3) is 0.533. The van der Waals surface area contributed by atoms with E-state index in [1.54, 1.807) is 13.0 Å². The van der Waals surface area contributed by atoms with Crippen LogP contribution in [0, 0.1) is 0 Å². The molecule has 4 nitrogen and oxygen atoms in total. The van der Waals surface area contributed by atoms with Crippen molar-refractivity contribution in [3.8, 4) is 0 Å². The molecule has 2 rings (SSSR count). The Bertz CT molecular complexity index is 453. The Hall–Kier alpha value is -1.71. The first-order chi connectivity index (χ1) is 9.13. The summed E-state index contributed by atoms with van der Waals surface area (Å²) in [6, 6.07) is 6.16. The number of anilines is 2. The van der Waals surface area contributed by atoms with Crippen LogP contribution in [-0.2, 0) is 4.74 Å². The van der Waals surface area contributed by atoms with Gasteiger partial charge in [0.2, 0.25) is 0 Å². The van der Waals surface area contributed by atoms with Crippen molar-refractivity contribution in [3.05, 3.63) is 23.8 Å². The van der Waals surface area contributed by atoms with Crippen molar-refractivity contribution in [2.75, 3.05) is 24.3 Å². The summed E-state index contributed by atoms with van der Waals surface area (Å²) >= 11 is 0. The number of benzene rings is 1. The molecule has 0 unspecified atom stereocenters. The number of nitrogen functional groups attached to an aromatic ring is 1. The van der Waals surface area contributed by atoms with E-state index in [1.165, 1.54) is 25.7 Å². The van der Waals surface area contributed by atoms with Gasteiger partial charge in [-0.15, -0.1) is 0 Å². The van der Waals surface area contributed by atoms with Crippen LogP contribution in [0.2, 0.25) is 0 Å². The molecule has 0 radical (unpaired) electrons. The van der Waals surface area contributed by atoms with Crippen LogP contribution in [0.1, 0.15) is 43.0 Å². The highest BCUT2D eigenvalue weighted by molar-refractivity contribution is 5.96. The van der Waals surface area contributed by atoms with Gasteiger partial charge in [-0.3, -0.25) is 0 Å². The Morgan fingerprint density at radius 3 is 2.74 bits per heavy atom. The molecule has 0 aliphatic heterocycles. The highest BCUT2D eigenvalue weighted by atomic mass is 16.5. The summed E-state index contributed by atoms with van der Waals surface area (Å²) in [6.07, 6.45) is 5.01. The number of carbonyl (C=O) groups excluding carboxylic acids is 1. The molecular weight excluding hydrogens is 240 g/mol. The standard InChI is InChI=1S/C15H22N2O2/c1-3-19-15(18)13-10-12(8-9-14(13)16)17(2)11-6-4-5-7-11/h8-11H,3-7,16H2,1-2H3. The van der Waals surface area contributed by atoms with Crippen LogP contribution in [0.15, 0.2) is 18.2 Å². The van der Waals surface area contributed by atoms with Gasteiger partial charge in [-0.05, 0) is 38.0 Å². The van der Waals surface area contributed by atoms with Crippen LogP contribution < -0.4 is 10.6 Å². The van der Waals surface area contributed by atoms with Crippen molar-refractivity contribution >= 4 is 17.3 Å². The van der Waals surface area contributed by atoms with E-state index in [-0.39, 0.29) is 5.97 Å². The molecule has 0 bridgehead atoms. The van der Waals surface area contributed by atoms with Crippen molar-refractivity contribution in [3.63, 3.8) is 0 Å². The molecule has 19 heavy (non-hydrogen) atoms. The Kier molecular flexibility index (Phi) is 4.30. The fourth-order valence-electron chi connectivity index (χ4n) is 2.65. The lowest BCUT2D eigenvalue weighted by Crippen LogP contribution is -2.29. The predicted octanol–water partition coefficient (Wildman–Crippen LogP) is 2.82. The Balaban J connectivity index is 2.22. The van der Waals surface area contributed by atoms with Crippen LogP contribution in [0.5, 0.6) is 0 Å². The van der Waals surface area contributed by atoms with Gasteiger partial charge >= 0.3 is 5.97 Å². The predicted molar refractivity (Wildman–Crippen MR) is 77.5 cm³/mol. The van der Waals surface area contributed by atoms with Gasteiger partial charge in [0.1, 0.15) is 0 Å². The van der Waals surface area contributed by atoms with Crippen LogP contribution >= 0.6 is 0 Å². The molecule has 1 aliphatic rings. The fourth-order valence-corrected chi connectivity index (χ4v) is 2.65. The largest absolute Gasteiger partial charge is 0.462 e. The smallest absolute Gasteiger partial charge is 0.340 e. The molecule has 0 atom stereocenters. The SMILES string of the molecule is CCOC(=O)c1cc(N(C)C2CCCC2)ccc1N. The summed E-state index contributed by atoms with van der Waals surface area (Å²) in [7, 11) is 2.08. The van der Waals surface area contributed by atoms with Gasteiger partial charge in [0, 0.05) is 24.5 Å². The van der Waals surface area contributed by atoms with Crippen molar-refractivity contribution < 1.29 is 9.53 Å². The molecule has 0 aromatic heterocycles. The average Bonchev–Trinajstić information content (AvgIpc) is 2.92. The molecule has 104 valence electrons. The molecule has 1 aliphatic carbocycles. The van der Waals surface area contributed by atoms with E-state index in [9.17, 15) is 4.79 Å². The number of hydrogen-bond donors (Lipinski definition) is 1. The number of rotatable bonds is 4. The van der Waals surface area contributed by atoms with E-state index in [0.29, 0.717) is 23.9 Å². The molecule has 4 heteroatoms. The molecule has 1 aromatic carbocycles. The third kappa shape index (κ3) is 3.00. The maximum atomic E-state index is 11.8. The Labute approximate surface area is 114 Å². The van der Waals surface area contributed by atoms with Gasteiger partial charge in [-0.25, -0.2) is 4.79 Å². The average molecular weight is 262 g/mol. The first-order valence-corrected chi connectivity index (χ1v) is 6.93. The molecule has 2 N–H and O–H groups in total. The number of nitrogens with two attached hydrogens (primary N) is 1. The molecular formula is C15H22N2O2. The van der Waals surface area contributed by atoms with Crippen molar-refractivity contribution in [1.29, 1.82) is 0 Å². The number of esters is 1. The lowest BCUT2D eigenvalue weighted by Gasteiger charge is -2.27. The van der Waals surface area contributed by atoms with Gasteiger partial charge in [0.25, 0.3) is 0 Å². The lowest BCUT2D eigenvalue weighted by atomic mass is 10.1. The third-order valence-corrected chi connectivity index (χ3v) is 3.81. The molecule has 0 spiro atoms. The zero-order valence-corrected chi connectivity index (χ0v) is 11.7. The maximum Gasteiger partial charge on any atom is 0.340 e. The second-order valence-corrected chi connectivity index (χ2v) is 5.04. The zero-order valence-electron chi connectivity index (χ0n) is 11.7. The van der Waals surface area contributed by atoms with Crippen molar-refractivity contribution in [2.45, 2.75) is 38.6 Å². The highest BCUT2D eigenvalue weighted by Gasteiger charge is 2.21. The minimum Gasteiger partial charge on any atom is -0.462 e. The van der Waals surface area contributed by atoms with Gasteiger partial charge in [-0.2, -0.15) is 0 Å².